The van der Waals surface area contributed by atoms with E-state index < -0.39 is 5.72 Å². The maximum atomic E-state index is 11.8. The summed E-state index contributed by atoms with van der Waals surface area (Å²) in [5.41, 5.74) is 0.951. The van der Waals surface area contributed by atoms with E-state index in [0.29, 0.717) is 6.54 Å². The Morgan fingerprint density at radius 1 is 0.889 bits per heavy atom. The lowest BCUT2D eigenvalue weighted by Crippen LogP contribution is -2.41. The molecule has 0 saturated carbocycles. The van der Waals surface area contributed by atoms with Gasteiger partial charge in [0, 0.05) is 12.0 Å². The Balaban J connectivity index is 1.75. The smallest absolute Gasteiger partial charge is 0.271 e. The Labute approximate surface area is 160 Å². The summed E-state index contributed by atoms with van der Waals surface area (Å²) in [7, 11) is 3.33. The van der Waals surface area contributed by atoms with Crippen LogP contribution in [0.25, 0.3) is 0 Å². The maximum absolute atomic E-state index is 11.8. The van der Waals surface area contributed by atoms with Crippen LogP contribution in [0.1, 0.15) is 31.2 Å². The van der Waals surface area contributed by atoms with Gasteiger partial charge in [0.05, 0.1) is 20.8 Å². The fourth-order valence-corrected chi connectivity index (χ4v) is 4.18. The van der Waals surface area contributed by atoms with Crippen molar-refractivity contribution in [2.24, 2.45) is 0 Å². The second-order valence-electron chi connectivity index (χ2n) is 7.21. The molecule has 2 aliphatic heterocycles. The van der Waals surface area contributed by atoms with Crippen molar-refractivity contribution in [1.29, 1.82) is 0 Å². The van der Waals surface area contributed by atoms with Gasteiger partial charge in [0.25, 0.3) is 11.6 Å². The summed E-state index contributed by atoms with van der Waals surface area (Å²) in [6, 6.07) is 15.9. The van der Waals surface area contributed by atoms with Crippen LogP contribution in [-0.4, -0.2) is 42.8 Å². The van der Waals surface area contributed by atoms with Crippen LogP contribution in [0.4, 0.5) is 5.69 Å². The number of β-amino-alcohol motifs (C(OH)–C–C–N with tert-alkyl or cyclic N) is 1. The summed E-state index contributed by atoms with van der Waals surface area (Å²) < 4.78 is 12.8. The van der Waals surface area contributed by atoms with Gasteiger partial charge >= 0.3 is 0 Å². The molecule has 2 aromatic rings. The highest BCUT2D eigenvalue weighted by Gasteiger charge is 2.51. The van der Waals surface area contributed by atoms with Gasteiger partial charge in [-0.15, -0.1) is 0 Å². The minimum absolute atomic E-state index is 0.515. The van der Waals surface area contributed by atoms with Crippen molar-refractivity contribution in [2.75, 3.05) is 32.2 Å². The van der Waals surface area contributed by atoms with E-state index in [9.17, 15) is 5.11 Å². The molecule has 1 atom stereocenters. The van der Waals surface area contributed by atoms with Crippen LogP contribution >= 0.6 is 0 Å². The number of methoxy groups -OCH3 is 2. The first kappa shape index (κ1) is 17.9. The van der Waals surface area contributed by atoms with Crippen molar-refractivity contribution in [3.63, 3.8) is 0 Å². The minimum Gasteiger partial charge on any atom is -0.497 e. The maximum Gasteiger partial charge on any atom is 0.271 e. The largest absolute Gasteiger partial charge is 0.497 e. The molecule has 0 spiro atoms. The normalized spacial score (nSPS) is 22.4. The van der Waals surface area contributed by atoms with Crippen LogP contribution in [0.15, 0.2) is 48.5 Å². The fraction of sp³-hybridized carbons (Fsp3) is 0.409. The number of rotatable bonds is 4. The van der Waals surface area contributed by atoms with Crippen molar-refractivity contribution < 1.29 is 19.2 Å². The molecule has 5 heteroatoms. The summed E-state index contributed by atoms with van der Waals surface area (Å²) in [5, 5.41) is 11.8. The zero-order valence-electron chi connectivity index (χ0n) is 16.0. The van der Waals surface area contributed by atoms with E-state index in [-0.39, 0.29) is 0 Å². The van der Waals surface area contributed by atoms with Crippen molar-refractivity contribution in [3.05, 3.63) is 54.1 Å². The summed E-state index contributed by atoms with van der Waals surface area (Å²) in [6.07, 6.45) is 4.41. The zero-order chi connectivity index (χ0) is 18.9. The molecule has 0 radical (unpaired) electrons. The van der Waals surface area contributed by atoms with Gasteiger partial charge in [-0.3, -0.25) is 0 Å². The lowest BCUT2D eigenvalue weighted by atomic mass is 10.0. The third kappa shape index (κ3) is 3.16. The average molecular weight is 367 g/mol. The van der Waals surface area contributed by atoms with Gasteiger partial charge in [-0.2, -0.15) is 0 Å². The highest BCUT2D eigenvalue weighted by Crippen LogP contribution is 2.36. The summed E-state index contributed by atoms with van der Waals surface area (Å²) in [5.74, 6) is 2.84. The van der Waals surface area contributed by atoms with E-state index in [1.807, 2.05) is 36.4 Å². The van der Waals surface area contributed by atoms with Gasteiger partial charge in [-0.05, 0) is 67.8 Å². The molecule has 0 bridgehead atoms. The van der Waals surface area contributed by atoms with Gasteiger partial charge in [0.2, 0.25) is 0 Å². The highest BCUT2D eigenvalue weighted by molar-refractivity contribution is 5.96. The molecule has 5 nitrogen and oxygen atoms in total. The molecule has 0 aromatic heterocycles. The summed E-state index contributed by atoms with van der Waals surface area (Å²) in [6.45, 7) is 1.38. The van der Waals surface area contributed by atoms with Crippen LogP contribution in [0.2, 0.25) is 0 Å². The van der Waals surface area contributed by atoms with E-state index >= 15 is 0 Å². The summed E-state index contributed by atoms with van der Waals surface area (Å²) >= 11 is 0. The Hall–Kier alpha value is -2.53. The second kappa shape index (κ2) is 7.24. The third-order valence-corrected chi connectivity index (χ3v) is 5.67. The average Bonchev–Trinajstić information content (AvgIpc) is 2.87. The first-order chi connectivity index (χ1) is 13.2. The van der Waals surface area contributed by atoms with Gasteiger partial charge in [-0.1, -0.05) is 0 Å². The van der Waals surface area contributed by atoms with E-state index in [0.717, 1.165) is 48.6 Å². The van der Waals surface area contributed by atoms with Gasteiger partial charge in [-0.25, -0.2) is 9.48 Å². The van der Waals surface area contributed by atoms with Crippen molar-refractivity contribution in [3.8, 4) is 11.5 Å². The predicted molar refractivity (Wildman–Crippen MR) is 106 cm³/mol. The van der Waals surface area contributed by atoms with Crippen molar-refractivity contribution in [2.45, 2.75) is 31.4 Å². The monoisotopic (exact) mass is 367 g/mol. The third-order valence-electron chi connectivity index (χ3n) is 5.67. The SMILES string of the molecule is COc1ccc(N2CC(O)(c3ccc(OC)cc3)[N+]3=C2CCCCC3)cc1. The number of hydrogen-bond donors (Lipinski definition) is 1. The molecular weight excluding hydrogens is 340 g/mol. The van der Waals surface area contributed by atoms with Crippen LogP contribution < -0.4 is 14.4 Å². The molecule has 0 amide bonds. The summed E-state index contributed by atoms with van der Waals surface area (Å²) in [4.78, 5) is 2.26. The fourth-order valence-electron chi connectivity index (χ4n) is 4.18. The lowest BCUT2D eigenvalue weighted by Gasteiger charge is -2.23. The molecule has 2 aromatic carbocycles. The number of ether oxygens (including phenoxy) is 2. The zero-order valence-corrected chi connectivity index (χ0v) is 16.0. The molecule has 2 aliphatic rings. The van der Waals surface area contributed by atoms with E-state index in [1.165, 1.54) is 12.3 Å². The molecule has 1 unspecified atom stereocenters. The highest BCUT2D eigenvalue weighted by atomic mass is 16.5. The standard InChI is InChI=1S/C22H27N2O3/c1-26-19-11-7-17(8-12-19)22(25)16-23(18-9-13-20(27-2)14-10-18)21-6-4-3-5-15-24(21)22/h7-14,25H,3-6,15-16H2,1-2H3/q+1. The van der Waals surface area contributed by atoms with Crippen molar-refractivity contribution >= 4 is 11.5 Å². The molecule has 27 heavy (non-hydrogen) atoms. The molecular formula is C22H27N2O3+. The molecule has 1 N–H and O–H groups in total. The Morgan fingerprint density at radius 2 is 1.52 bits per heavy atom. The number of amidine groups is 1. The van der Waals surface area contributed by atoms with Crippen LogP contribution in [0.3, 0.4) is 0 Å². The predicted octanol–water partition coefficient (Wildman–Crippen LogP) is 3.35. The Morgan fingerprint density at radius 3 is 2.15 bits per heavy atom. The lowest BCUT2D eigenvalue weighted by molar-refractivity contribution is -0.658. The van der Waals surface area contributed by atoms with Crippen molar-refractivity contribution in [1.82, 2.24) is 0 Å². The number of aliphatic hydroxyl groups is 1. The van der Waals surface area contributed by atoms with E-state index in [2.05, 4.69) is 21.6 Å². The first-order valence-corrected chi connectivity index (χ1v) is 9.58. The van der Waals surface area contributed by atoms with Gasteiger partial charge in [0.1, 0.15) is 17.2 Å². The van der Waals surface area contributed by atoms with E-state index in [1.54, 1.807) is 14.2 Å². The molecule has 0 fully saturated rings. The molecule has 142 valence electrons. The second-order valence-corrected chi connectivity index (χ2v) is 7.21. The Kier molecular flexibility index (Phi) is 4.79. The minimum atomic E-state index is -1.04. The number of benzene rings is 2. The topological polar surface area (TPSA) is 44.9 Å². The number of nitrogens with zero attached hydrogens (tertiary/aromatic N) is 2. The van der Waals surface area contributed by atoms with Crippen LogP contribution in [0, 0.1) is 0 Å². The van der Waals surface area contributed by atoms with Gasteiger partial charge < -0.3 is 14.6 Å². The Bertz CT molecular complexity index is 830. The van der Waals surface area contributed by atoms with Crippen LogP contribution in [0.5, 0.6) is 11.5 Å². The first-order valence-electron chi connectivity index (χ1n) is 9.58. The van der Waals surface area contributed by atoms with Gasteiger partial charge in [0.15, 0.2) is 6.54 Å². The van der Waals surface area contributed by atoms with Crippen LogP contribution in [-0.2, 0) is 5.72 Å². The quantitative estimate of drug-likeness (QED) is 0.842. The molecule has 4 rings (SSSR count). The molecule has 0 aliphatic carbocycles. The molecule has 2 heterocycles. The number of anilines is 1. The molecule has 0 saturated heterocycles. The van der Waals surface area contributed by atoms with E-state index in [4.69, 9.17) is 9.47 Å². The number of hydrogen-bond acceptors (Lipinski definition) is 4.